The molecule has 1 atom stereocenters. The number of nitrogens with zero attached hydrogens (tertiary/aromatic N) is 3. The Morgan fingerprint density at radius 1 is 0.865 bits per heavy atom. The lowest BCUT2D eigenvalue weighted by molar-refractivity contribution is -0.130. The zero-order valence-corrected chi connectivity index (χ0v) is 23.8. The molecular weight excluding hydrogens is 474 g/mol. The third kappa shape index (κ3) is 13.5. The Hall–Kier alpha value is -1.87. The Morgan fingerprint density at radius 2 is 1.35 bits per heavy atom. The maximum atomic E-state index is 12.6. The predicted octanol–water partition coefficient (Wildman–Crippen LogP) is 6.24. The molecule has 1 aliphatic rings. The van der Waals surface area contributed by atoms with Gasteiger partial charge in [-0.25, -0.2) is 9.59 Å². The van der Waals surface area contributed by atoms with Gasteiger partial charge in [-0.2, -0.15) is 5.06 Å². The topological polar surface area (TPSA) is 99.6 Å². The van der Waals surface area contributed by atoms with Crippen LogP contribution in [-0.4, -0.2) is 77.6 Å². The SMILES string of the molecule is CCCCCCCCCCCCCCCCCCN(OC)C(=O)OC(CC)N1CC(=O)N(CCO)C1=O. The van der Waals surface area contributed by atoms with Crippen LogP contribution in [0.25, 0.3) is 0 Å². The Balaban J connectivity index is 2.12. The number of β-amino-alcohol motifs (C(OH)–C–C–N with tert-alkyl or cyclic N) is 1. The molecule has 1 fully saturated rings. The average Bonchev–Trinajstić information content (AvgIpc) is 3.17. The number of aliphatic hydroxyl groups is 1. The number of imide groups is 1. The number of unbranched alkanes of at least 4 members (excludes halogenated alkanes) is 15. The van der Waals surface area contributed by atoms with Crippen LogP contribution in [0, 0.1) is 0 Å². The van der Waals surface area contributed by atoms with Gasteiger partial charge in [-0.3, -0.25) is 19.4 Å². The predicted molar refractivity (Wildman–Crippen MR) is 145 cm³/mol. The Labute approximate surface area is 224 Å². The van der Waals surface area contributed by atoms with Crippen LogP contribution in [0.2, 0.25) is 0 Å². The summed E-state index contributed by atoms with van der Waals surface area (Å²) in [5, 5.41) is 10.2. The van der Waals surface area contributed by atoms with E-state index in [0.29, 0.717) is 13.0 Å². The van der Waals surface area contributed by atoms with Gasteiger partial charge in [0.2, 0.25) is 0 Å². The third-order valence-electron chi connectivity index (χ3n) is 6.98. The van der Waals surface area contributed by atoms with Crippen molar-refractivity contribution in [3.63, 3.8) is 0 Å². The van der Waals surface area contributed by atoms with Crippen LogP contribution in [0.5, 0.6) is 0 Å². The lowest BCUT2D eigenvalue weighted by atomic mass is 10.0. The second-order valence-electron chi connectivity index (χ2n) is 10.0. The summed E-state index contributed by atoms with van der Waals surface area (Å²) in [6, 6.07) is -0.555. The quantitative estimate of drug-likeness (QED) is 0.0959. The van der Waals surface area contributed by atoms with Gasteiger partial charge in [-0.15, -0.1) is 0 Å². The van der Waals surface area contributed by atoms with E-state index in [0.717, 1.165) is 24.2 Å². The van der Waals surface area contributed by atoms with Crippen molar-refractivity contribution >= 4 is 18.0 Å². The molecule has 9 nitrogen and oxygen atoms in total. The number of urea groups is 1. The molecule has 4 amide bonds. The summed E-state index contributed by atoms with van der Waals surface area (Å²) >= 11 is 0. The molecule has 0 bridgehead atoms. The van der Waals surface area contributed by atoms with Crippen molar-refractivity contribution in [2.24, 2.45) is 0 Å². The molecule has 216 valence electrons. The Bertz CT molecular complexity index is 633. The summed E-state index contributed by atoms with van der Waals surface area (Å²) in [7, 11) is 1.42. The van der Waals surface area contributed by atoms with Gasteiger partial charge in [0.1, 0.15) is 6.54 Å². The molecule has 0 aromatic rings. The lowest BCUT2D eigenvalue weighted by Gasteiger charge is -2.28. The molecule has 0 radical (unpaired) electrons. The molecule has 1 unspecified atom stereocenters. The number of amides is 4. The van der Waals surface area contributed by atoms with Gasteiger partial charge in [0.25, 0.3) is 5.91 Å². The van der Waals surface area contributed by atoms with Crippen molar-refractivity contribution in [2.45, 2.75) is 129 Å². The van der Waals surface area contributed by atoms with E-state index in [9.17, 15) is 14.4 Å². The number of hydrogen-bond donors (Lipinski definition) is 1. The number of carbonyl (C=O) groups excluding carboxylic acids is 3. The first-order chi connectivity index (χ1) is 18.0. The van der Waals surface area contributed by atoms with Crippen molar-refractivity contribution < 1.29 is 29.1 Å². The highest BCUT2D eigenvalue weighted by molar-refractivity contribution is 6.02. The monoisotopic (exact) mass is 527 g/mol. The van der Waals surface area contributed by atoms with Gasteiger partial charge >= 0.3 is 12.1 Å². The summed E-state index contributed by atoms with van der Waals surface area (Å²) in [6.45, 7) is 3.90. The van der Waals surface area contributed by atoms with Crippen LogP contribution in [-0.2, 0) is 14.4 Å². The molecule has 1 saturated heterocycles. The molecule has 0 aromatic carbocycles. The van der Waals surface area contributed by atoms with Gasteiger partial charge in [-0.05, 0) is 6.42 Å². The van der Waals surface area contributed by atoms with Crippen molar-refractivity contribution in [3.8, 4) is 0 Å². The van der Waals surface area contributed by atoms with E-state index in [1.807, 2.05) is 0 Å². The molecule has 9 heteroatoms. The van der Waals surface area contributed by atoms with Gasteiger partial charge in [0.15, 0.2) is 6.23 Å². The van der Waals surface area contributed by atoms with Gasteiger partial charge in [-0.1, -0.05) is 110 Å². The maximum Gasteiger partial charge on any atom is 0.435 e. The first-order valence-corrected chi connectivity index (χ1v) is 14.7. The fourth-order valence-corrected chi connectivity index (χ4v) is 4.71. The van der Waals surface area contributed by atoms with E-state index in [2.05, 4.69) is 6.92 Å². The van der Waals surface area contributed by atoms with Gasteiger partial charge in [0, 0.05) is 6.42 Å². The molecule has 1 N–H and O–H groups in total. The minimum Gasteiger partial charge on any atom is -0.424 e. The third-order valence-corrected chi connectivity index (χ3v) is 6.98. The first-order valence-electron chi connectivity index (χ1n) is 14.7. The second-order valence-corrected chi connectivity index (χ2v) is 10.0. The summed E-state index contributed by atoms with van der Waals surface area (Å²) < 4.78 is 5.49. The van der Waals surface area contributed by atoms with E-state index >= 15 is 0 Å². The number of aliphatic hydroxyl groups excluding tert-OH is 1. The van der Waals surface area contributed by atoms with E-state index in [1.165, 1.54) is 101 Å². The van der Waals surface area contributed by atoms with Crippen LogP contribution in [0.4, 0.5) is 9.59 Å². The molecule has 37 heavy (non-hydrogen) atoms. The van der Waals surface area contributed by atoms with E-state index in [1.54, 1.807) is 6.92 Å². The number of ether oxygens (including phenoxy) is 1. The highest BCUT2D eigenvalue weighted by Crippen LogP contribution is 2.18. The van der Waals surface area contributed by atoms with Crippen molar-refractivity contribution in [2.75, 3.05) is 33.4 Å². The van der Waals surface area contributed by atoms with Crippen molar-refractivity contribution in [1.29, 1.82) is 0 Å². The summed E-state index contributed by atoms with van der Waals surface area (Å²) in [6.07, 6.45) is 19.3. The minimum absolute atomic E-state index is 0.0675. The van der Waals surface area contributed by atoms with E-state index in [4.69, 9.17) is 14.7 Å². The van der Waals surface area contributed by atoms with Crippen LogP contribution in [0.3, 0.4) is 0 Å². The number of hydroxylamine groups is 2. The van der Waals surface area contributed by atoms with Gasteiger partial charge in [0.05, 0.1) is 26.8 Å². The second kappa shape index (κ2) is 21.1. The van der Waals surface area contributed by atoms with Crippen molar-refractivity contribution in [3.05, 3.63) is 0 Å². The molecular formula is C28H53N3O6. The summed E-state index contributed by atoms with van der Waals surface area (Å²) in [4.78, 5) is 44.5. The highest BCUT2D eigenvalue weighted by atomic mass is 16.7. The first kappa shape index (κ1) is 33.2. The lowest BCUT2D eigenvalue weighted by Crippen LogP contribution is -2.44. The van der Waals surface area contributed by atoms with Crippen molar-refractivity contribution in [1.82, 2.24) is 14.9 Å². The largest absolute Gasteiger partial charge is 0.435 e. The molecule has 1 heterocycles. The normalized spacial score (nSPS) is 14.5. The highest BCUT2D eigenvalue weighted by Gasteiger charge is 2.40. The fraction of sp³-hybridized carbons (Fsp3) is 0.893. The van der Waals surface area contributed by atoms with E-state index in [-0.39, 0.29) is 19.7 Å². The molecule has 1 aliphatic heterocycles. The molecule has 0 saturated carbocycles. The van der Waals surface area contributed by atoms with Gasteiger partial charge < -0.3 is 9.84 Å². The standard InChI is InChI=1S/C28H53N3O6/c1-4-6-7-8-9-10-11-12-13-14-15-16-17-18-19-20-21-31(36-3)28(35)37-26(5-2)30-24-25(33)29(22-23-32)27(30)34/h26,32H,4-24H2,1-3H3. The summed E-state index contributed by atoms with van der Waals surface area (Å²) in [5.74, 6) is -0.412. The molecule has 0 spiro atoms. The zero-order chi connectivity index (χ0) is 27.3. The fourth-order valence-electron chi connectivity index (χ4n) is 4.71. The molecule has 0 aliphatic carbocycles. The van der Waals surface area contributed by atoms with Crippen LogP contribution < -0.4 is 0 Å². The Morgan fingerprint density at radius 3 is 1.78 bits per heavy atom. The van der Waals surface area contributed by atoms with Crippen LogP contribution >= 0.6 is 0 Å². The Kier molecular flexibility index (Phi) is 18.9. The summed E-state index contributed by atoms with van der Waals surface area (Å²) in [5.41, 5.74) is 0. The van der Waals surface area contributed by atoms with Crippen LogP contribution in [0.1, 0.15) is 123 Å². The molecule has 1 rings (SSSR count). The maximum absolute atomic E-state index is 12.6. The number of rotatable bonds is 23. The van der Waals surface area contributed by atoms with E-state index < -0.39 is 24.3 Å². The van der Waals surface area contributed by atoms with Crippen LogP contribution in [0.15, 0.2) is 0 Å². The molecule has 0 aromatic heterocycles. The number of carbonyl (C=O) groups is 3. The zero-order valence-electron chi connectivity index (χ0n) is 23.8. The minimum atomic E-state index is -0.865. The number of hydrogen-bond acceptors (Lipinski definition) is 6. The smallest absolute Gasteiger partial charge is 0.424 e. The average molecular weight is 528 g/mol.